The van der Waals surface area contributed by atoms with Crippen LogP contribution in [0, 0.1) is 11.7 Å². The van der Waals surface area contributed by atoms with E-state index in [0.717, 1.165) is 18.4 Å². The molecule has 3 saturated heterocycles. The molecule has 0 aliphatic carbocycles. The van der Waals surface area contributed by atoms with Crippen LogP contribution in [0.2, 0.25) is 0 Å². The molecule has 6 heteroatoms. The van der Waals surface area contributed by atoms with E-state index in [4.69, 9.17) is 0 Å². The first-order valence-corrected chi connectivity index (χ1v) is 7.58. The molecule has 4 rings (SSSR count). The van der Waals surface area contributed by atoms with Crippen molar-refractivity contribution in [2.45, 2.75) is 25.4 Å². The highest BCUT2D eigenvalue weighted by Gasteiger charge is 2.40. The van der Waals surface area contributed by atoms with E-state index in [2.05, 4.69) is 5.32 Å². The van der Waals surface area contributed by atoms with Crippen molar-refractivity contribution in [3.63, 3.8) is 0 Å². The largest absolute Gasteiger partial charge is 0.341 e. The molecular formula is C16H20FN3O2. The number of carbonyl (C=O) groups excluding carboxylic acids is 2. The van der Waals surface area contributed by atoms with Crippen molar-refractivity contribution in [2.24, 2.45) is 5.92 Å². The molecular weight excluding hydrogens is 285 g/mol. The number of piperidine rings is 1. The third-order valence-electron chi connectivity index (χ3n) is 4.61. The number of amides is 3. The number of hydrogen-bond acceptors (Lipinski definition) is 2. The zero-order chi connectivity index (χ0) is 15.7. The summed E-state index contributed by atoms with van der Waals surface area (Å²) in [7, 11) is 1.82. The van der Waals surface area contributed by atoms with Gasteiger partial charge < -0.3 is 15.1 Å². The monoisotopic (exact) mass is 305 g/mol. The lowest BCUT2D eigenvalue weighted by atomic mass is 9.95. The first kappa shape index (κ1) is 14.8. The summed E-state index contributed by atoms with van der Waals surface area (Å²) in [5.41, 5.74) is 0.848. The highest BCUT2D eigenvalue weighted by molar-refractivity contribution is 5.82. The van der Waals surface area contributed by atoms with Gasteiger partial charge in [0.2, 0.25) is 5.91 Å². The number of likely N-dealkylation sites (N-methyl/N-ethyl adjacent to an activating group) is 1. The van der Waals surface area contributed by atoms with Gasteiger partial charge in [-0.3, -0.25) is 4.79 Å². The van der Waals surface area contributed by atoms with Crippen LogP contribution in [0.3, 0.4) is 0 Å². The molecule has 22 heavy (non-hydrogen) atoms. The summed E-state index contributed by atoms with van der Waals surface area (Å²) in [4.78, 5) is 28.0. The third-order valence-corrected chi connectivity index (χ3v) is 4.61. The lowest BCUT2D eigenvalue weighted by Gasteiger charge is -2.32. The van der Waals surface area contributed by atoms with Crippen LogP contribution in [0.25, 0.3) is 0 Å². The Kier molecular flexibility index (Phi) is 4.00. The maximum Gasteiger partial charge on any atom is 0.317 e. The first-order valence-electron chi connectivity index (χ1n) is 7.58. The normalized spacial score (nSPS) is 24.4. The quantitative estimate of drug-likeness (QED) is 0.902. The molecule has 3 heterocycles. The van der Waals surface area contributed by atoms with Crippen molar-refractivity contribution in [1.82, 2.24) is 15.1 Å². The van der Waals surface area contributed by atoms with E-state index < -0.39 is 0 Å². The van der Waals surface area contributed by atoms with Crippen LogP contribution in [-0.2, 0) is 11.3 Å². The fourth-order valence-corrected chi connectivity index (χ4v) is 3.21. The number of hydrogen-bond donors (Lipinski definition) is 1. The van der Waals surface area contributed by atoms with Crippen molar-refractivity contribution in [3.05, 3.63) is 35.6 Å². The minimum absolute atomic E-state index is 0.0830. The summed E-state index contributed by atoms with van der Waals surface area (Å²) >= 11 is 0. The summed E-state index contributed by atoms with van der Waals surface area (Å²) in [5, 5.41) is 2.85. The average Bonchev–Trinajstić information content (AvgIpc) is 2.80. The Hall–Kier alpha value is -2.11. The standard InChI is InChI=1S/C16H20FN3O2/c1-19-14-7-4-12(15(19)21)9-20(10-14)16(22)18-8-11-2-5-13(17)6-3-11/h2-3,5-6,12,14H,4,7-10H2,1H3,(H,18,22)/t12-,14+/m0/s1. The topological polar surface area (TPSA) is 52.7 Å². The molecule has 0 saturated carbocycles. The van der Waals surface area contributed by atoms with E-state index in [1.807, 2.05) is 7.05 Å². The number of halogens is 1. The highest BCUT2D eigenvalue weighted by atomic mass is 19.1. The van der Waals surface area contributed by atoms with Crippen molar-refractivity contribution >= 4 is 11.9 Å². The van der Waals surface area contributed by atoms with Gasteiger partial charge in [-0.05, 0) is 30.5 Å². The van der Waals surface area contributed by atoms with Gasteiger partial charge in [-0.1, -0.05) is 12.1 Å². The van der Waals surface area contributed by atoms with Gasteiger partial charge in [0.25, 0.3) is 0 Å². The Morgan fingerprint density at radius 2 is 2.00 bits per heavy atom. The van der Waals surface area contributed by atoms with E-state index in [1.165, 1.54) is 12.1 Å². The minimum Gasteiger partial charge on any atom is -0.341 e. The van der Waals surface area contributed by atoms with Crippen LogP contribution in [0.5, 0.6) is 0 Å². The van der Waals surface area contributed by atoms with Crippen LogP contribution in [-0.4, -0.2) is 47.9 Å². The van der Waals surface area contributed by atoms with Gasteiger partial charge in [-0.25, -0.2) is 9.18 Å². The van der Waals surface area contributed by atoms with Crippen molar-refractivity contribution in [1.29, 1.82) is 0 Å². The van der Waals surface area contributed by atoms with Gasteiger partial charge >= 0.3 is 6.03 Å². The first-order chi connectivity index (χ1) is 10.5. The Balaban J connectivity index is 1.61. The Labute approximate surface area is 129 Å². The minimum atomic E-state index is -0.291. The summed E-state index contributed by atoms with van der Waals surface area (Å²) < 4.78 is 12.9. The van der Waals surface area contributed by atoms with Crippen molar-refractivity contribution < 1.29 is 14.0 Å². The molecule has 2 atom stereocenters. The van der Waals surface area contributed by atoms with Crippen LogP contribution in [0.15, 0.2) is 24.3 Å². The fourth-order valence-electron chi connectivity index (χ4n) is 3.21. The number of nitrogens with one attached hydrogen (secondary N) is 1. The lowest BCUT2D eigenvalue weighted by molar-refractivity contribution is -0.138. The van der Waals surface area contributed by atoms with E-state index in [1.54, 1.807) is 21.9 Å². The summed E-state index contributed by atoms with van der Waals surface area (Å²) in [6, 6.07) is 6.01. The SMILES string of the molecule is CN1C(=O)[C@H]2CC[C@@H]1CN(C(=O)NCc1ccc(F)cc1)C2. The molecule has 1 aromatic carbocycles. The number of urea groups is 1. The molecule has 3 aliphatic heterocycles. The van der Waals surface area contributed by atoms with Gasteiger partial charge in [0.1, 0.15) is 5.82 Å². The molecule has 3 fully saturated rings. The maximum absolute atomic E-state index is 12.9. The van der Waals surface area contributed by atoms with Crippen molar-refractivity contribution in [3.8, 4) is 0 Å². The number of nitrogens with zero attached hydrogens (tertiary/aromatic N) is 2. The number of benzene rings is 1. The highest BCUT2D eigenvalue weighted by Crippen LogP contribution is 2.27. The molecule has 1 aromatic rings. The summed E-state index contributed by atoms with van der Waals surface area (Å²) in [5.74, 6) is -0.230. The predicted octanol–water partition coefficient (Wildman–Crippen LogP) is 1.59. The van der Waals surface area contributed by atoms with E-state index in [0.29, 0.717) is 19.6 Å². The predicted molar refractivity (Wildman–Crippen MR) is 79.5 cm³/mol. The second kappa shape index (κ2) is 5.94. The third kappa shape index (κ3) is 2.91. The zero-order valence-electron chi connectivity index (χ0n) is 12.6. The Bertz CT molecular complexity index is 575. The zero-order valence-corrected chi connectivity index (χ0v) is 12.6. The maximum atomic E-state index is 12.9. The lowest BCUT2D eigenvalue weighted by Crippen LogP contribution is -2.46. The number of carbonyl (C=O) groups is 2. The number of rotatable bonds is 2. The smallest absolute Gasteiger partial charge is 0.317 e. The van der Waals surface area contributed by atoms with E-state index in [-0.39, 0.29) is 29.7 Å². The van der Waals surface area contributed by atoms with Gasteiger partial charge in [-0.2, -0.15) is 0 Å². The number of fused-ring (bicyclic) bond motifs is 4. The molecule has 2 bridgehead atoms. The van der Waals surface area contributed by atoms with Gasteiger partial charge in [0.15, 0.2) is 0 Å². The molecule has 0 unspecified atom stereocenters. The average molecular weight is 305 g/mol. The Morgan fingerprint density at radius 3 is 2.73 bits per heavy atom. The summed E-state index contributed by atoms with van der Waals surface area (Å²) in [6.07, 6.45) is 1.81. The van der Waals surface area contributed by atoms with Crippen LogP contribution in [0.4, 0.5) is 9.18 Å². The molecule has 3 aliphatic rings. The molecule has 3 amide bonds. The molecule has 0 aromatic heterocycles. The molecule has 1 N–H and O–H groups in total. The van der Waals surface area contributed by atoms with Gasteiger partial charge in [0.05, 0.1) is 5.92 Å². The molecule has 0 radical (unpaired) electrons. The van der Waals surface area contributed by atoms with Crippen LogP contribution < -0.4 is 5.32 Å². The van der Waals surface area contributed by atoms with Crippen molar-refractivity contribution in [2.75, 3.05) is 20.1 Å². The second-order valence-corrected chi connectivity index (χ2v) is 6.07. The Morgan fingerprint density at radius 1 is 1.27 bits per heavy atom. The fraction of sp³-hybridized carbons (Fsp3) is 0.500. The van der Waals surface area contributed by atoms with E-state index >= 15 is 0 Å². The van der Waals surface area contributed by atoms with Crippen LogP contribution >= 0.6 is 0 Å². The molecule has 5 nitrogen and oxygen atoms in total. The molecule has 0 spiro atoms. The summed E-state index contributed by atoms with van der Waals surface area (Å²) in [6.45, 7) is 1.41. The molecule has 118 valence electrons. The van der Waals surface area contributed by atoms with Gasteiger partial charge in [-0.15, -0.1) is 0 Å². The second-order valence-electron chi connectivity index (χ2n) is 6.07. The van der Waals surface area contributed by atoms with Gasteiger partial charge in [0, 0.05) is 32.7 Å². The van der Waals surface area contributed by atoms with E-state index in [9.17, 15) is 14.0 Å². The van der Waals surface area contributed by atoms with Crippen LogP contribution in [0.1, 0.15) is 18.4 Å².